The van der Waals surface area contributed by atoms with Crippen LogP contribution in [0.3, 0.4) is 0 Å². The quantitative estimate of drug-likeness (QED) is 0.702. The molecular weight excluding hydrogens is 164 g/mol. The van der Waals surface area contributed by atoms with Crippen LogP contribution < -0.4 is 5.32 Å². The lowest BCUT2D eigenvalue weighted by Crippen LogP contribution is -2.42. The summed E-state index contributed by atoms with van der Waals surface area (Å²) in [5, 5.41) is 3.18. The van der Waals surface area contributed by atoms with Gasteiger partial charge in [0.15, 0.2) is 0 Å². The summed E-state index contributed by atoms with van der Waals surface area (Å²) in [5.41, 5.74) is 0. The molecule has 3 heteroatoms. The first-order valence-corrected chi connectivity index (χ1v) is 4.76. The second-order valence-corrected chi connectivity index (χ2v) is 3.08. The van der Waals surface area contributed by atoms with Crippen molar-refractivity contribution in [1.82, 2.24) is 10.2 Å². The van der Waals surface area contributed by atoms with Gasteiger partial charge in [-0.15, -0.1) is 0 Å². The van der Waals surface area contributed by atoms with Crippen molar-refractivity contribution in [3.63, 3.8) is 0 Å². The van der Waals surface area contributed by atoms with Gasteiger partial charge in [0, 0.05) is 6.54 Å². The molecule has 1 atom stereocenters. The third-order valence-corrected chi connectivity index (χ3v) is 2.06. The second-order valence-electron chi connectivity index (χ2n) is 3.08. The van der Waals surface area contributed by atoms with Crippen molar-refractivity contribution in [2.45, 2.75) is 26.1 Å². The SMILES string of the molecule is CCN(C)C1N/C=C/CC/C=C/O1. The Kier molecular flexibility index (Phi) is 4.40. The van der Waals surface area contributed by atoms with E-state index in [2.05, 4.69) is 23.2 Å². The molecule has 1 aliphatic rings. The van der Waals surface area contributed by atoms with Gasteiger partial charge in [-0.3, -0.25) is 4.90 Å². The standard InChI is InChI=1S/C10H18N2O/c1-3-12(2)10-11-8-6-4-5-7-9-13-10/h6-11H,3-5H2,1-2H3/b8-6+,9-7+. The third kappa shape index (κ3) is 3.51. The molecule has 0 bridgehead atoms. The Hall–Kier alpha value is -0.960. The molecule has 0 saturated carbocycles. The Labute approximate surface area is 80.1 Å². The molecule has 1 unspecified atom stereocenters. The number of allylic oxidation sites excluding steroid dienone is 2. The zero-order chi connectivity index (χ0) is 9.52. The molecule has 1 heterocycles. The topological polar surface area (TPSA) is 24.5 Å². The van der Waals surface area contributed by atoms with Gasteiger partial charge >= 0.3 is 0 Å². The minimum Gasteiger partial charge on any atom is -0.465 e. The van der Waals surface area contributed by atoms with Crippen molar-refractivity contribution >= 4 is 0 Å². The lowest BCUT2D eigenvalue weighted by atomic mass is 10.3. The van der Waals surface area contributed by atoms with Crippen molar-refractivity contribution in [2.24, 2.45) is 0 Å². The van der Waals surface area contributed by atoms with E-state index in [0.29, 0.717) is 0 Å². The molecule has 0 aliphatic carbocycles. The average molecular weight is 182 g/mol. The molecule has 0 aromatic heterocycles. The van der Waals surface area contributed by atoms with Gasteiger partial charge in [0.2, 0.25) is 6.35 Å². The average Bonchev–Trinajstić information content (AvgIpc) is 2.29. The van der Waals surface area contributed by atoms with E-state index in [0.717, 1.165) is 19.4 Å². The molecule has 0 saturated heterocycles. The largest absolute Gasteiger partial charge is 0.465 e. The van der Waals surface area contributed by atoms with Gasteiger partial charge in [0.05, 0.1) is 6.26 Å². The molecule has 74 valence electrons. The number of hydrogen-bond donors (Lipinski definition) is 1. The Bertz CT molecular complexity index is 173. The van der Waals surface area contributed by atoms with Crippen LogP contribution in [-0.4, -0.2) is 24.8 Å². The highest BCUT2D eigenvalue weighted by atomic mass is 16.5. The number of rotatable bonds is 2. The maximum Gasteiger partial charge on any atom is 0.228 e. The van der Waals surface area contributed by atoms with E-state index in [9.17, 15) is 0 Å². The molecule has 3 nitrogen and oxygen atoms in total. The first-order valence-electron chi connectivity index (χ1n) is 4.76. The first kappa shape index (κ1) is 10.1. The minimum absolute atomic E-state index is 0.0457. The predicted octanol–water partition coefficient (Wildman–Crippen LogP) is 1.65. The molecular formula is C10H18N2O. The zero-order valence-electron chi connectivity index (χ0n) is 8.36. The monoisotopic (exact) mass is 182 g/mol. The van der Waals surface area contributed by atoms with E-state index in [-0.39, 0.29) is 6.35 Å². The highest BCUT2D eigenvalue weighted by Crippen LogP contribution is 2.01. The lowest BCUT2D eigenvalue weighted by Gasteiger charge is -2.25. The fourth-order valence-corrected chi connectivity index (χ4v) is 1.06. The normalized spacial score (nSPS) is 27.8. The molecule has 0 fully saturated rings. The van der Waals surface area contributed by atoms with E-state index in [1.807, 2.05) is 19.3 Å². The van der Waals surface area contributed by atoms with Crippen LogP contribution >= 0.6 is 0 Å². The van der Waals surface area contributed by atoms with Gasteiger partial charge in [-0.2, -0.15) is 0 Å². The summed E-state index contributed by atoms with van der Waals surface area (Å²) in [6, 6.07) is 0. The Morgan fingerprint density at radius 1 is 1.46 bits per heavy atom. The third-order valence-electron chi connectivity index (χ3n) is 2.06. The Balaban J connectivity index is 2.50. The molecule has 1 rings (SSSR count). The summed E-state index contributed by atoms with van der Waals surface area (Å²) < 4.78 is 5.50. The van der Waals surface area contributed by atoms with Crippen molar-refractivity contribution in [2.75, 3.05) is 13.6 Å². The van der Waals surface area contributed by atoms with E-state index in [4.69, 9.17) is 4.74 Å². The number of nitrogens with zero attached hydrogens (tertiary/aromatic N) is 1. The van der Waals surface area contributed by atoms with Crippen LogP contribution in [0.2, 0.25) is 0 Å². The molecule has 0 aromatic carbocycles. The van der Waals surface area contributed by atoms with Crippen molar-refractivity contribution in [3.8, 4) is 0 Å². The second kappa shape index (κ2) is 5.65. The van der Waals surface area contributed by atoms with Gasteiger partial charge < -0.3 is 10.1 Å². The van der Waals surface area contributed by atoms with Crippen molar-refractivity contribution < 1.29 is 4.74 Å². The minimum atomic E-state index is -0.0457. The van der Waals surface area contributed by atoms with E-state index in [1.54, 1.807) is 6.26 Å². The van der Waals surface area contributed by atoms with Gasteiger partial charge in [0.1, 0.15) is 0 Å². The van der Waals surface area contributed by atoms with Crippen LogP contribution in [0.5, 0.6) is 0 Å². The molecule has 1 N–H and O–H groups in total. The summed E-state index contributed by atoms with van der Waals surface area (Å²) in [4.78, 5) is 2.10. The number of nitrogens with one attached hydrogen (secondary N) is 1. The van der Waals surface area contributed by atoms with E-state index >= 15 is 0 Å². The molecule has 0 spiro atoms. The first-order chi connectivity index (χ1) is 6.34. The summed E-state index contributed by atoms with van der Waals surface area (Å²) in [5.74, 6) is 0. The van der Waals surface area contributed by atoms with Gasteiger partial charge in [-0.1, -0.05) is 13.0 Å². The zero-order valence-corrected chi connectivity index (χ0v) is 8.36. The predicted molar refractivity (Wildman–Crippen MR) is 53.8 cm³/mol. The summed E-state index contributed by atoms with van der Waals surface area (Å²) in [7, 11) is 2.03. The molecule has 0 radical (unpaired) electrons. The van der Waals surface area contributed by atoms with Crippen molar-refractivity contribution in [1.29, 1.82) is 0 Å². The highest BCUT2D eigenvalue weighted by molar-refractivity contribution is 4.87. The molecule has 0 aromatic rings. The van der Waals surface area contributed by atoms with Gasteiger partial charge in [-0.25, -0.2) is 0 Å². The number of ether oxygens (including phenoxy) is 1. The van der Waals surface area contributed by atoms with Crippen LogP contribution in [-0.2, 0) is 4.74 Å². The molecule has 13 heavy (non-hydrogen) atoms. The van der Waals surface area contributed by atoms with Crippen LogP contribution in [0.4, 0.5) is 0 Å². The van der Waals surface area contributed by atoms with Crippen LogP contribution in [0, 0.1) is 0 Å². The Morgan fingerprint density at radius 3 is 3.00 bits per heavy atom. The number of hydrogen-bond acceptors (Lipinski definition) is 3. The van der Waals surface area contributed by atoms with E-state index < -0.39 is 0 Å². The fraction of sp³-hybridized carbons (Fsp3) is 0.600. The lowest BCUT2D eigenvalue weighted by molar-refractivity contribution is -0.00474. The summed E-state index contributed by atoms with van der Waals surface area (Å²) in [6.45, 7) is 3.06. The maximum atomic E-state index is 5.50. The van der Waals surface area contributed by atoms with Crippen LogP contribution in [0.1, 0.15) is 19.8 Å². The highest BCUT2D eigenvalue weighted by Gasteiger charge is 2.10. The van der Waals surface area contributed by atoms with Crippen molar-refractivity contribution in [3.05, 3.63) is 24.6 Å². The van der Waals surface area contributed by atoms with Crippen LogP contribution in [0.25, 0.3) is 0 Å². The van der Waals surface area contributed by atoms with E-state index in [1.165, 1.54) is 0 Å². The molecule has 1 aliphatic heterocycles. The maximum absolute atomic E-state index is 5.50. The summed E-state index contributed by atoms with van der Waals surface area (Å²) >= 11 is 0. The molecule has 0 amide bonds. The Morgan fingerprint density at radius 2 is 2.23 bits per heavy atom. The van der Waals surface area contributed by atoms with Gasteiger partial charge in [-0.05, 0) is 32.2 Å². The summed E-state index contributed by atoms with van der Waals surface area (Å²) in [6.07, 6.45) is 9.97. The van der Waals surface area contributed by atoms with Crippen LogP contribution in [0.15, 0.2) is 24.6 Å². The smallest absolute Gasteiger partial charge is 0.228 e. The fourth-order valence-electron chi connectivity index (χ4n) is 1.06. The van der Waals surface area contributed by atoms with Gasteiger partial charge in [0.25, 0.3) is 0 Å².